The lowest BCUT2D eigenvalue weighted by molar-refractivity contribution is 0.0607. The summed E-state index contributed by atoms with van der Waals surface area (Å²) in [4.78, 5) is 17.7. The first-order chi connectivity index (χ1) is 12.4. The lowest BCUT2D eigenvalue weighted by Crippen LogP contribution is -2.24. The van der Waals surface area contributed by atoms with Gasteiger partial charge in [0, 0.05) is 48.9 Å². The first kappa shape index (κ1) is 19.1. The van der Waals surface area contributed by atoms with Crippen molar-refractivity contribution in [1.82, 2.24) is 14.9 Å². The highest BCUT2D eigenvalue weighted by Crippen LogP contribution is 2.30. The van der Waals surface area contributed by atoms with E-state index in [-0.39, 0.29) is 11.3 Å². The van der Waals surface area contributed by atoms with Crippen LogP contribution in [0.25, 0.3) is 11.3 Å². The van der Waals surface area contributed by atoms with Crippen molar-refractivity contribution in [3.8, 4) is 11.3 Å². The number of amides is 1. The monoisotopic (exact) mass is 375 g/mol. The van der Waals surface area contributed by atoms with Crippen LogP contribution < -0.4 is 5.32 Å². The van der Waals surface area contributed by atoms with Crippen LogP contribution in [0.4, 0.5) is 0 Å². The summed E-state index contributed by atoms with van der Waals surface area (Å²) in [7, 11) is 0. The fourth-order valence-corrected chi connectivity index (χ4v) is 4.15. The van der Waals surface area contributed by atoms with Crippen molar-refractivity contribution in [2.24, 2.45) is 5.92 Å². The van der Waals surface area contributed by atoms with Crippen molar-refractivity contribution in [3.63, 3.8) is 0 Å². The van der Waals surface area contributed by atoms with Crippen LogP contribution in [0.1, 0.15) is 56.0 Å². The van der Waals surface area contributed by atoms with E-state index < -0.39 is 0 Å². The molecule has 6 heteroatoms. The van der Waals surface area contributed by atoms with Gasteiger partial charge < -0.3 is 14.6 Å². The minimum Gasteiger partial charge on any atom is -0.381 e. The van der Waals surface area contributed by atoms with E-state index in [1.807, 2.05) is 18.4 Å². The summed E-state index contributed by atoms with van der Waals surface area (Å²) < 4.78 is 7.81. The average Bonchev–Trinajstić information content (AvgIpc) is 3.22. The first-order valence-corrected chi connectivity index (χ1v) is 10.3. The van der Waals surface area contributed by atoms with Gasteiger partial charge in [-0.05, 0) is 31.7 Å². The zero-order valence-corrected chi connectivity index (χ0v) is 17.0. The highest BCUT2D eigenvalue weighted by atomic mass is 32.1. The molecule has 0 aromatic carbocycles. The summed E-state index contributed by atoms with van der Waals surface area (Å²) in [5.41, 5.74) is 1.95. The molecular formula is C20H29N3O2S. The van der Waals surface area contributed by atoms with E-state index in [1.165, 1.54) is 11.3 Å². The van der Waals surface area contributed by atoms with Crippen molar-refractivity contribution in [2.45, 2.75) is 52.5 Å². The van der Waals surface area contributed by atoms with E-state index in [0.29, 0.717) is 12.5 Å². The number of hydrogen-bond donors (Lipinski definition) is 1. The zero-order valence-electron chi connectivity index (χ0n) is 16.2. The Morgan fingerprint density at radius 1 is 1.38 bits per heavy atom. The van der Waals surface area contributed by atoms with Gasteiger partial charge in [0.05, 0.1) is 10.6 Å². The average molecular weight is 376 g/mol. The van der Waals surface area contributed by atoms with Gasteiger partial charge in [-0.2, -0.15) is 0 Å². The lowest BCUT2D eigenvalue weighted by atomic mass is 9.94. The van der Waals surface area contributed by atoms with Crippen molar-refractivity contribution < 1.29 is 9.53 Å². The van der Waals surface area contributed by atoms with Crippen LogP contribution in [0.5, 0.6) is 0 Å². The zero-order chi connectivity index (χ0) is 18.7. The van der Waals surface area contributed by atoms with Gasteiger partial charge in [-0.3, -0.25) is 4.79 Å². The second-order valence-electron chi connectivity index (χ2n) is 7.97. The number of ether oxygens (including phenoxy) is 1. The van der Waals surface area contributed by atoms with E-state index in [1.54, 1.807) is 0 Å². The second kappa shape index (κ2) is 7.92. The minimum absolute atomic E-state index is 0.0126. The fourth-order valence-electron chi connectivity index (χ4n) is 3.34. The lowest BCUT2D eigenvalue weighted by Gasteiger charge is -2.25. The summed E-state index contributed by atoms with van der Waals surface area (Å²) in [6.45, 7) is 11.9. The normalized spacial score (nSPS) is 16.0. The smallest absolute Gasteiger partial charge is 0.261 e. The molecule has 0 bridgehead atoms. The molecule has 1 aliphatic rings. The maximum absolute atomic E-state index is 12.0. The van der Waals surface area contributed by atoms with E-state index in [4.69, 9.17) is 9.72 Å². The Labute approximate surface area is 159 Å². The Bertz CT molecular complexity index is 751. The largest absolute Gasteiger partial charge is 0.381 e. The van der Waals surface area contributed by atoms with Gasteiger partial charge in [0.25, 0.3) is 5.91 Å². The molecule has 0 unspecified atom stereocenters. The topological polar surface area (TPSA) is 56.2 Å². The number of carbonyl (C=O) groups is 1. The van der Waals surface area contributed by atoms with Gasteiger partial charge in [0.2, 0.25) is 0 Å². The third kappa shape index (κ3) is 4.35. The molecule has 0 aliphatic carbocycles. The Kier molecular flexibility index (Phi) is 5.82. The van der Waals surface area contributed by atoms with Gasteiger partial charge in [0.1, 0.15) is 5.82 Å². The highest BCUT2D eigenvalue weighted by molar-refractivity contribution is 7.12. The molecule has 2 aromatic heterocycles. The number of nitrogens with zero attached hydrogens (tertiary/aromatic N) is 2. The molecule has 1 fully saturated rings. The number of imidazole rings is 1. The quantitative estimate of drug-likeness (QED) is 0.856. The molecule has 0 radical (unpaired) electrons. The Morgan fingerprint density at radius 3 is 2.77 bits per heavy atom. The highest BCUT2D eigenvalue weighted by Gasteiger charge is 2.25. The van der Waals surface area contributed by atoms with Crippen LogP contribution in [-0.2, 0) is 16.7 Å². The summed E-state index contributed by atoms with van der Waals surface area (Å²) in [5, 5.41) is 4.88. The fraction of sp³-hybridized carbons (Fsp3) is 0.600. The Morgan fingerprint density at radius 2 is 2.12 bits per heavy atom. The summed E-state index contributed by atoms with van der Waals surface area (Å²) >= 11 is 1.47. The minimum atomic E-state index is -0.0259. The molecule has 26 heavy (non-hydrogen) atoms. The molecule has 0 saturated carbocycles. The van der Waals surface area contributed by atoms with E-state index in [0.717, 1.165) is 54.6 Å². The summed E-state index contributed by atoms with van der Waals surface area (Å²) in [5.74, 6) is 1.73. The molecule has 3 heterocycles. The van der Waals surface area contributed by atoms with Gasteiger partial charge in [-0.25, -0.2) is 4.98 Å². The van der Waals surface area contributed by atoms with Gasteiger partial charge in [-0.15, -0.1) is 11.3 Å². The van der Waals surface area contributed by atoms with Gasteiger partial charge in [-0.1, -0.05) is 20.8 Å². The van der Waals surface area contributed by atoms with E-state index in [2.05, 4.69) is 36.9 Å². The predicted molar refractivity (Wildman–Crippen MR) is 106 cm³/mol. The standard InChI is InChI=1S/C20H29N3O2S/c1-5-21-18(24)17-10-15(13-26-17)16-12-23(19(22-16)20(2,3)4)11-14-6-8-25-9-7-14/h10,12-14H,5-9,11H2,1-4H3,(H,21,24). The van der Waals surface area contributed by atoms with Crippen LogP contribution in [0, 0.1) is 5.92 Å². The van der Waals surface area contributed by atoms with Gasteiger partial charge in [0.15, 0.2) is 0 Å². The molecule has 0 spiro atoms. The van der Waals surface area contributed by atoms with Crippen LogP contribution >= 0.6 is 11.3 Å². The molecule has 1 saturated heterocycles. The van der Waals surface area contributed by atoms with Crippen molar-refractivity contribution in [2.75, 3.05) is 19.8 Å². The van der Waals surface area contributed by atoms with Gasteiger partial charge >= 0.3 is 0 Å². The third-order valence-electron chi connectivity index (χ3n) is 4.70. The molecule has 5 nitrogen and oxygen atoms in total. The maximum Gasteiger partial charge on any atom is 0.261 e. The van der Waals surface area contributed by atoms with Crippen molar-refractivity contribution >= 4 is 17.2 Å². The second-order valence-corrected chi connectivity index (χ2v) is 8.88. The van der Waals surface area contributed by atoms with Crippen molar-refractivity contribution in [1.29, 1.82) is 0 Å². The van der Waals surface area contributed by atoms with Crippen LogP contribution in [0.2, 0.25) is 0 Å². The SMILES string of the molecule is CCNC(=O)c1cc(-c2cn(CC3CCOCC3)c(C(C)(C)C)n2)cs1. The molecule has 142 valence electrons. The van der Waals surface area contributed by atoms with Crippen LogP contribution in [0.15, 0.2) is 17.6 Å². The number of nitrogens with one attached hydrogen (secondary N) is 1. The number of rotatable bonds is 5. The molecule has 2 aromatic rings. The Hall–Kier alpha value is -1.66. The van der Waals surface area contributed by atoms with Crippen molar-refractivity contribution in [3.05, 3.63) is 28.3 Å². The molecule has 1 aliphatic heterocycles. The van der Waals surface area contributed by atoms with E-state index in [9.17, 15) is 4.79 Å². The molecule has 1 amide bonds. The molecule has 3 rings (SSSR count). The summed E-state index contributed by atoms with van der Waals surface area (Å²) in [6.07, 6.45) is 4.37. The van der Waals surface area contributed by atoms with Crippen LogP contribution in [0.3, 0.4) is 0 Å². The number of aromatic nitrogens is 2. The predicted octanol–water partition coefficient (Wildman–Crippen LogP) is 4.09. The van der Waals surface area contributed by atoms with Crippen LogP contribution in [-0.4, -0.2) is 35.2 Å². The molecule has 0 atom stereocenters. The first-order valence-electron chi connectivity index (χ1n) is 9.41. The number of carbonyl (C=O) groups excluding carboxylic acids is 1. The Balaban J connectivity index is 1.87. The molecular weight excluding hydrogens is 346 g/mol. The number of hydrogen-bond acceptors (Lipinski definition) is 4. The van der Waals surface area contributed by atoms with E-state index >= 15 is 0 Å². The third-order valence-corrected chi connectivity index (χ3v) is 5.63. The maximum atomic E-state index is 12.0. The summed E-state index contributed by atoms with van der Waals surface area (Å²) in [6, 6.07) is 1.95. The molecule has 1 N–H and O–H groups in total. The number of thiophene rings is 1.